The smallest absolute Gasteiger partial charge is 0.255 e. The summed E-state index contributed by atoms with van der Waals surface area (Å²) in [5, 5.41) is 11.2. The summed E-state index contributed by atoms with van der Waals surface area (Å²) in [5.41, 5.74) is 0.752. The molecular weight excluding hydrogens is 337 g/mol. The van der Waals surface area contributed by atoms with Gasteiger partial charge in [-0.1, -0.05) is 6.92 Å². The summed E-state index contributed by atoms with van der Waals surface area (Å²) in [5.74, 6) is 0.453. The summed E-state index contributed by atoms with van der Waals surface area (Å²) >= 11 is 3.79. The van der Waals surface area contributed by atoms with Crippen LogP contribution in [0.1, 0.15) is 23.7 Å². The lowest BCUT2D eigenvalue weighted by Gasteiger charge is -2.24. The molecule has 0 spiro atoms. The molecule has 3 nitrogen and oxygen atoms in total. The van der Waals surface area contributed by atoms with Crippen molar-refractivity contribution in [3.63, 3.8) is 0 Å². The Morgan fingerprint density at radius 2 is 2.50 bits per heavy atom. The first-order valence-corrected chi connectivity index (χ1v) is 7.25. The number of thiophene rings is 1. The van der Waals surface area contributed by atoms with E-state index in [4.69, 9.17) is 0 Å². The third-order valence-corrected chi connectivity index (χ3v) is 4.93. The van der Waals surface area contributed by atoms with E-state index in [1.807, 2.05) is 16.3 Å². The molecular formula is C11H14INO2S. The van der Waals surface area contributed by atoms with Crippen LogP contribution in [0.2, 0.25) is 0 Å². The van der Waals surface area contributed by atoms with Crippen LogP contribution in [0, 0.1) is 8.80 Å². The van der Waals surface area contributed by atoms with Gasteiger partial charge >= 0.3 is 0 Å². The standard InChI is InChI=1S/C11H14INO2S/c1-7-2-3-13(9(7)5-14)11(15)8-4-10(12)16-6-8/h4,6-7,9,14H,2-3,5H2,1H3. The van der Waals surface area contributed by atoms with Gasteiger partial charge in [0.25, 0.3) is 5.91 Å². The molecule has 0 aromatic carbocycles. The monoisotopic (exact) mass is 351 g/mol. The second kappa shape index (κ2) is 5.01. The van der Waals surface area contributed by atoms with Crippen molar-refractivity contribution in [3.8, 4) is 0 Å². The molecule has 2 heterocycles. The predicted octanol–water partition coefficient (Wildman–Crippen LogP) is 2.20. The minimum Gasteiger partial charge on any atom is -0.394 e. The molecule has 88 valence electrons. The van der Waals surface area contributed by atoms with Crippen LogP contribution in [0.3, 0.4) is 0 Å². The van der Waals surface area contributed by atoms with Crippen molar-refractivity contribution >= 4 is 39.8 Å². The second-order valence-electron chi connectivity index (χ2n) is 4.15. The van der Waals surface area contributed by atoms with Crippen LogP contribution in [-0.4, -0.2) is 35.1 Å². The van der Waals surface area contributed by atoms with Crippen molar-refractivity contribution in [3.05, 3.63) is 19.9 Å². The molecule has 2 unspecified atom stereocenters. The lowest BCUT2D eigenvalue weighted by atomic mass is 10.0. The van der Waals surface area contributed by atoms with E-state index in [1.54, 1.807) is 11.3 Å². The summed E-state index contributed by atoms with van der Waals surface area (Å²) in [6, 6.07) is 1.90. The lowest BCUT2D eigenvalue weighted by Crippen LogP contribution is -2.39. The zero-order chi connectivity index (χ0) is 11.7. The van der Waals surface area contributed by atoms with Gasteiger partial charge in [-0.3, -0.25) is 4.79 Å². The van der Waals surface area contributed by atoms with Gasteiger partial charge in [-0.2, -0.15) is 0 Å². The number of aliphatic hydroxyl groups is 1. The van der Waals surface area contributed by atoms with Gasteiger partial charge in [-0.25, -0.2) is 0 Å². The van der Waals surface area contributed by atoms with Gasteiger partial charge in [-0.15, -0.1) is 11.3 Å². The zero-order valence-electron chi connectivity index (χ0n) is 9.02. The number of carbonyl (C=O) groups excluding carboxylic acids is 1. The van der Waals surface area contributed by atoms with Crippen LogP contribution >= 0.6 is 33.9 Å². The Labute approximate surface area is 113 Å². The first-order valence-electron chi connectivity index (χ1n) is 5.29. The Morgan fingerprint density at radius 1 is 1.75 bits per heavy atom. The third-order valence-electron chi connectivity index (χ3n) is 3.14. The Hall–Kier alpha value is -0.140. The normalized spacial score (nSPS) is 25.1. The van der Waals surface area contributed by atoms with E-state index in [2.05, 4.69) is 29.5 Å². The predicted molar refractivity (Wildman–Crippen MR) is 72.7 cm³/mol. The Bertz CT molecular complexity index is 393. The highest BCUT2D eigenvalue weighted by Crippen LogP contribution is 2.26. The molecule has 2 atom stereocenters. The van der Waals surface area contributed by atoms with Crippen molar-refractivity contribution in [2.75, 3.05) is 13.2 Å². The fraction of sp³-hybridized carbons (Fsp3) is 0.545. The molecule has 1 N–H and O–H groups in total. The minimum atomic E-state index is -0.00920. The molecule has 5 heteroatoms. The summed E-state index contributed by atoms with van der Waals surface area (Å²) in [6.45, 7) is 2.91. The average Bonchev–Trinajstić information content (AvgIpc) is 2.83. The molecule has 0 radical (unpaired) electrons. The first-order chi connectivity index (χ1) is 7.63. The van der Waals surface area contributed by atoms with Crippen molar-refractivity contribution in [2.24, 2.45) is 5.92 Å². The van der Waals surface area contributed by atoms with E-state index in [9.17, 15) is 9.90 Å². The van der Waals surface area contributed by atoms with E-state index in [0.29, 0.717) is 5.92 Å². The number of nitrogens with zero attached hydrogens (tertiary/aromatic N) is 1. The molecule has 0 saturated carbocycles. The molecule has 1 fully saturated rings. The van der Waals surface area contributed by atoms with E-state index in [-0.39, 0.29) is 18.6 Å². The molecule has 1 aliphatic rings. The summed E-state index contributed by atoms with van der Waals surface area (Å²) in [7, 11) is 0. The van der Waals surface area contributed by atoms with Crippen molar-refractivity contribution < 1.29 is 9.90 Å². The number of aliphatic hydroxyl groups excluding tert-OH is 1. The van der Waals surface area contributed by atoms with E-state index < -0.39 is 0 Å². The van der Waals surface area contributed by atoms with Crippen molar-refractivity contribution in [1.82, 2.24) is 4.90 Å². The van der Waals surface area contributed by atoms with Gasteiger partial charge in [0.15, 0.2) is 0 Å². The first kappa shape index (κ1) is 12.3. The van der Waals surface area contributed by atoms with E-state index in [1.165, 1.54) is 0 Å². The molecule has 1 saturated heterocycles. The maximum Gasteiger partial charge on any atom is 0.255 e. The van der Waals surface area contributed by atoms with Gasteiger partial charge in [0, 0.05) is 11.9 Å². The van der Waals surface area contributed by atoms with Gasteiger partial charge in [0.1, 0.15) is 0 Å². The van der Waals surface area contributed by atoms with Crippen LogP contribution in [0.4, 0.5) is 0 Å². The molecule has 16 heavy (non-hydrogen) atoms. The maximum absolute atomic E-state index is 12.2. The third kappa shape index (κ3) is 2.26. The van der Waals surface area contributed by atoms with Crippen LogP contribution in [0.15, 0.2) is 11.4 Å². The number of hydrogen-bond acceptors (Lipinski definition) is 3. The number of amides is 1. The van der Waals surface area contributed by atoms with Gasteiger partial charge < -0.3 is 10.0 Å². The Morgan fingerprint density at radius 3 is 3.06 bits per heavy atom. The molecule has 1 aliphatic heterocycles. The maximum atomic E-state index is 12.2. The highest BCUT2D eigenvalue weighted by atomic mass is 127. The van der Waals surface area contributed by atoms with Gasteiger partial charge in [0.2, 0.25) is 0 Å². The highest BCUT2D eigenvalue weighted by molar-refractivity contribution is 14.1. The molecule has 2 rings (SSSR count). The number of hydrogen-bond donors (Lipinski definition) is 1. The summed E-state index contributed by atoms with van der Waals surface area (Å²) < 4.78 is 1.12. The SMILES string of the molecule is CC1CCN(C(=O)c2csc(I)c2)C1CO. The van der Waals surface area contributed by atoms with Crippen molar-refractivity contribution in [2.45, 2.75) is 19.4 Å². The Kier molecular flexibility index (Phi) is 3.86. The fourth-order valence-corrected chi connectivity index (χ4v) is 3.45. The molecule has 1 aromatic rings. The topological polar surface area (TPSA) is 40.5 Å². The van der Waals surface area contributed by atoms with E-state index >= 15 is 0 Å². The van der Waals surface area contributed by atoms with Crippen LogP contribution in [-0.2, 0) is 0 Å². The zero-order valence-corrected chi connectivity index (χ0v) is 12.0. The summed E-state index contributed by atoms with van der Waals surface area (Å²) in [6.07, 6.45) is 0.984. The largest absolute Gasteiger partial charge is 0.394 e. The van der Waals surface area contributed by atoms with E-state index in [0.717, 1.165) is 21.4 Å². The number of halogens is 1. The lowest BCUT2D eigenvalue weighted by molar-refractivity contribution is 0.0648. The average molecular weight is 351 g/mol. The molecule has 0 aliphatic carbocycles. The number of rotatable bonds is 2. The fourth-order valence-electron chi connectivity index (χ4n) is 2.13. The van der Waals surface area contributed by atoms with Crippen LogP contribution < -0.4 is 0 Å². The number of likely N-dealkylation sites (tertiary alicyclic amines) is 1. The van der Waals surface area contributed by atoms with Crippen LogP contribution in [0.5, 0.6) is 0 Å². The minimum absolute atomic E-state index is 0.00920. The molecule has 0 bridgehead atoms. The Balaban J connectivity index is 2.16. The van der Waals surface area contributed by atoms with Gasteiger partial charge in [-0.05, 0) is 41.0 Å². The van der Waals surface area contributed by atoms with Crippen LogP contribution in [0.25, 0.3) is 0 Å². The quantitative estimate of drug-likeness (QED) is 0.830. The summed E-state index contributed by atoms with van der Waals surface area (Å²) in [4.78, 5) is 14.0. The molecule has 1 aromatic heterocycles. The highest BCUT2D eigenvalue weighted by Gasteiger charge is 2.34. The van der Waals surface area contributed by atoms with Crippen molar-refractivity contribution in [1.29, 1.82) is 0 Å². The van der Waals surface area contributed by atoms with Gasteiger partial charge in [0.05, 0.1) is 21.1 Å². The second-order valence-corrected chi connectivity index (χ2v) is 6.96. The number of carbonyl (C=O) groups is 1. The molecule has 1 amide bonds.